The molecule has 19 heavy (non-hydrogen) atoms. The second-order valence-corrected chi connectivity index (χ2v) is 5.06. The van der Waals surface area contributed by atoms with E-state index >= 15 is 0 Å². The quantitative estimate of drug-likeness (QED) is 0.867. The third-order valence-electron chi connectivity index (χ3n) is 3.78. The highest BCUT2D eigenvalue weighted by atomic mass is 16.2. The van der Waals surface area contributed by atoms with Crippen molar-refractivity contribution in [3.63, 3.8) is 0 Å². The summed E-state index contributed by atoms with van der Waals surface area (Å²) in [6.45, 7) is 6.37. The number of carbonyl (C=O) groups excluding carboxylic acids is 1. The van der Waals surface area contributed by atoms with Crippen LogP contribution in [0.15, 0.2) is 18.5 Å². The Bertz CT molecular complexity index is 369. The normalized spacial score (nSPS) is 19.9. The Labute approximate surface area is 115 Å². The van der Waals surface area contributed by atoms with Crippen molar-refractivity contribution in [3.8, 4) is 0 Å². The van der Waals surface area contributed by atoms with Crippen LogP contribution in [0, 0.1) is 5.92 Å². The largest absolute Gasteiger partial charge is 0.341 e. The van der Waals surface area contributed by atoms with Crippen LogP contribution in [0.4, 0.5) is 0 Å². The number of likely N-dealkylation sites (N-methyl/N-ethyl adjacent to an activating group) is 1. The molecule has 0 bridgehead atoms. The van der Waals surface area contributed by atoms with Gasteiger partial charge in [-0.1, -0.05) is 0 Å². The van der Waals surface area contributed by atoms with Gasteiger partial charge in [0.25, 0.3) is 0 Å². The molecule has 1 atom stereocenters. The molecule has 0 unspecified atom stereocenters. The Morgan fingerprint density at radius 1 is 1.47 bits per heavy atom. The van der Waals surface area contributed by atoms with E-state index in [1.807, 2.05) is 21.8 Å². The van der Waals surface area contributed by atoms with E-state index in [1.165, 1.54) is 0 Å². The minimum absolute atomic E-state index is 0.201. The first-order valence-corrected chi connectivity index (χ1v) is 7.28. The third kappa shape index (κ3) is 4.06. The fourth-order valence-electron chi connectivity index (χ4n) is 2.60. The molecule has 1 amide bonds. The molecule has 1 aliphatic rings. The van der Waals surface area contributed by atoms with Gasteiger partial charge in [-0.25, -0.2) is 0 Å². The molecular weight excluding hydrogens is 240 g/mol. The number of aromatic nitrogens is 2. The average molecular weight is 264 g/mol. The Morgan fingerprint density at radius 3 is 3.11 bits per heavy atom. The Morgan fingerprint density at radius 2 is 2.37 bits per heavy atom. The summed E-state index contributed by atoms with van der Waals surface area (Å²) < 4.78 is 1.88. The van der Waals surface area contributed by atoms with Crippen LogP contribution >= 0.6 is 0 Å². The van der Waals surface area contributed by atoms with Gasteiger partial charge >= 0.3 is 0 Å². The summed E-state index contributed by atoms with van der Waals surface area (Å²) in [6.07, 6.45) is 6.80. The zero-order chi connectivity index (χ0) is 13.5. The Balaban J connectivity index is 1.86. The van der Waals surface area contributed by atoms with Gasteiger partial charge in [-0.2, -0.15) is 5.10 Å². The SMILES string of the molecule is CCN(CCn1cccn1)C(=O)[C@@H]1CCCNCC1. The van der Waals surface area contributed by atoms with Gasteiger partial charge < -0.3 is 10.2 Å². The molecule has 5 heteroatoms. The zero-order valence-corrected chi connectivity index (χ0v) is 11.7. The highest BCUT2D eigenvalue weighted by Gasteiger charge is 2.23. The standard InChI is InChI=1S/C14H24N4O/c1-2-17(11-12-18-10-4-8-16-18)14(19)13-5-3-7-15-9-6-13/h4,8,10,13,15H,2-3,5-7,9,11-12H2,1H3/t13-/m1/s1. The summed E-state index contributed by atoms with van der Waals surface area (Å²) >= 11 is 0. The zero-order valence-electron chi connectivity index (χ0n) is 11.7. The smallest absolute Gasteiger partial charge is 0.225 e. The van der Waals surface area contributed by atoms with E-state index < -0.39 is 0 Å². The van der Waals surface area contributed by atoms with Crippen molar-refractivity contribution >= 4 is 5.91 Å². The molecule has 0 spiro atoms. The highest BCUT2D eigenvalue weighted by Crippen LogP contribution is 2.16. The van der Waals surface area contributed by atoms with Gasteiger partial charge in [-0.05, 0) is 45.3 Å². The number of nitrogens with one attached hydrogen (secondary N) is 1. The lowest BCUT2D eigenvalue weighted by molar-refractivity contribution is -0.135. The summed E-state index contributed by atoms with van der Waals surface area (Å²) in [5.41, 5.74) is 0. The maximum Gasteiger partial charge on any atom is 0.225 e. The van der Waals surface area contributed by atoms with Crippen LogP contribution in [0.25, 0.3) is 0 Å². The third-order valence-corrected chi connectivity index (χ3v) is 3.78. The topological polar surface area (TPSA) is 50.2 Å². The molecule has 0 saturated carbocycles. The number of hydrogen-bond donors (Lipinski definition) is 1. The molecule has 1 saturated heterocycles. The van der Waals surface area contributed by atoms with Gasteiger partial charge in [0.05, 0.1) is 6.54 Å². The van der Waals surface area contributed by atoms with Gasteiger partial charge in [0, 0.05) is 31.4 Å². The molecule has 1 aliphatic heterocycles. The molecule has 5 nitrogen and oxygen atoms in total. The van der Waals surface area contributed by atoms with Crippen molar-refractivity contribution in [2.75, 3.05) is 26.2 Å². The van der Waals surface area contributed by atoms with Crippen LogP contribution in [0.3, 0.4) is 0 Å². The first-order valence-electron chi connectivity index (χ1n) is 7.28. The minimum atomic E-state index is 0.201. The van der Waals surface area contributed by atoms with Crippen molar-refractivity contribution in [2.45, 2.75) is 32.7 Å². The summed E-state index contributed by atoms with van der Waals surface area (Å²) in [7, 11) is 0. The fraction of sp³-hybridized carbons (Fsp3) is 0.714. The second kappa shape index (κ2) is 7.28. The molecule has 0 aliphatic carbocycles. The van der Waals surface area contributed by atoms with E-state index in [0.717, 1.165) is 52.0 Å². The van der Waals surface area contributed by atoms with E-state index in [4.69, 9.17) is 0 Å². The Kier molecular flexibility index (Phi) is 5.39. The van der Waals surface area contributed by atoms with Gasteiger partial charge in [0.1, 0.15) is 0 Å². The van der Waals surface area contributed by atoms with E-state index in [1.54, 1.807) is 6.20 Å². The first-order chi connectivity index (χ1) is 9.31. The van der Waals surface area contributed by atoms with Gasteiger partial charge in [0.2, 0.25) is 5.91 Å². The van der Waals surface area contributed by atoms with Crippen molar-refractivity contribution < 1.29 is 4.79 Å². The van der Waals surface area contributed by atoms with Crippen LogP contribution < -0.4 is 5.32 Å². The van der Waals surface area contributed by atoms with Gasteiger partial charge in [-0.3, -0.25) is 9.48 Å². The predicted molar refractivity (Wildman–Crippen MR) is 74.7 cm³/mol. The lowest BCUT2D eigenvalue weighted by atomic mass is 9.99. The van der Waals surface area contributed by atoms with Crippen molar-refractivity contribution in [2.24, 2.45) is 5.92 Å². The van der Waals surface area contributed by atoms with E-state index in [2.05, 4.69) is 17.3 Å². The fourth-order valence-corrected chi connectivity index (χ4v) is 2.60. The summed E-state index contributed by atoms with van der Waals surface area (Å²) in [5, 5.41) is 7.54. The van der Waals surface area contributed by atoms with Crippen LogP contribution in [-0.2, 0) is 11.3 Å². The summed E-state index contributed by atoms with van der Waals surface area (Å²) in [4.78, 5) is 14.5. The maximum absolute atomic E-state index is 12.5. The predicted octanol–water partition coefficient (Wildman–Crippen LogP) is 1.12. The molecule has 2 heterocycles. The molecule has 2 rings (SSSR count). The lowest BCUT2D eigenvalue weighted by Gasteiger charge is -2.25. The second-order valence-electron chi connectivity index (χ2n) is 5.06. The molecular formula is C14H24N4O. The van der Waals surface area contributed by atoms with Gasteiger partial charge in [-0.15, -0.1) is 0 Å². The molecule has 1 aromatic rings. The molecule has 1 N–H and O–H groups in total. The molecule has 0 radical (unpaired) electrons. The molecule has 1 fully saturated rings. The number of hydrogen-bond acceptors (Lipinski definition) is 3. The monoisotopic (exact) mass is 264 g/mol. The van der Waals surface area contributed by atoms with Crippen molar-refractivity contribution in [1.29, 1.82) is 0 Å². The highest BCUT2D eigenvalue weighted by molar-refractivity contribution is 5.78. The van der Waals surface area contributed by atoms with Crippen molar-refractivity contribution in [1.82, 2.24) is 20.0 Å². The molecule has 106 valence electrons. The first kappa shape index (κ1) is 14.1. The molecule has 1 aromatic heterocycles. The summed E-state index contributed by atoms with van der Waals surface area (Å²) in [5.74, 6) is 0.519. The van der Waals surface area contributed by atoms with Crippen LogP contribution in [0.1, 0.15) is 26.2 Å². The van der Waals surface area contributed by atoms with Crippen LogP contribution in [0.2, 0.25) is 0 Å². The van der Waals surface area contributed by atoms with E-state index in [9.17, 15) is 4.79 Å². The number of nitrogens with zero attached hydrogens (tertiary/aromatic N) is 3. The summed E-state index contributed by atoms with van der Waals surface area (Å²) in [6, 6.07) is 1.91. The molecule has 0 aromatic carbocycles. The lowest BCUT2D eigenvalue weighted by Crippen LogP contribution is -2.38. The van der Waals surface area contributed by atoms with E-state index in [-0.39, 0.29) is 5.92 Å². The maximum atomic E-state index is 12.5. The Hall–Kier alpha value is -1.36. The van der Waals surface area contributed by atoms with E-state index in [0.29, 0.717) is 5.91 Å². The number of amides is 1. The number of carbonyl (C=O) groups is 1. The van der Waals surface area contributed by atoms with Crippen LogP contribution in [0.5, 0.6) is 0 Å². The minimum Gasteiger partial charge on any atom is -0.341 e. The van der Waals surface area contributed by atoms with Crippen LogP contribution in [-0.4, -0.2) is 46.8 Å². The van der Waals surface area contributed by atoms with Gasteiger partial charge in [0.15, 0.2) is 0 Å². The van der Waals surface area contributed by atoms with Crippen molar-refractivity contribution in [3.05, 3.63) is 18.5 Å². The average Bonchev–Trinajstić information content (AvgIpc) is 2.80. The number of rotatable bonds is 5.